The van der Waals surface area contributed by atoms with Crippen LogP contribution in [0, 0.1) is 0 Å². The molecule has 2 aliphatic heterocycles. The zero-order valence-electron chi connectivity index (χ0n) is 15.7. The number of hydrogen-bond donors (Lipinski definition) is 0. The summed E-state index contributed by atoms with van der Waals surface area (Å²) in [4.78, 5) is 19.5. The first kappa shape index (κ1) is 18.6. The average molecular weight is 413 g/mol. The minimum atomic E-state index is -2.89. The van der Waals surface area contributed by atoms with Crippen molar-refractivity contribution in [1.29, 1.82) is 0 Å². The molecule has 2 unspecified atom stereocenters. The normalized spacial score (nSPS) is 22.0. The lowest BCUT2D eigenvalue weighted by Crippen LogP contribution is -2.17. The van der Waals surface area contributed by atoms with Crippen molar-refractivity contribution in [2.45, 2.75) is 12.3 Å². The van der Waals surface area contributed by atoms with Gasteiger partial charge in [-0.25, -0.2) is 9.58 Å². The topological polar surface area (TPSA) is 72.5 Å². The van der Waals surface area contributed by atoms with E-state index in [1.807, 2.05) is 24.3 Å². The number of hydrogen-bond acceptors (Lipinski definition) is 6. The molecule has 1 amide bonds. The van der Waals surface area contributed by atoms with Crippen LogP contribution < -0.4 is 9.64 Å². The number of rotatable bonds is 7. The monoisotopic (exact) mass is 413 g/mol. The summed E-state index contributed by atoms with van der Waals surface area (Å²) in [7, 11) is 0. The van der Waals surface area contributed by atoms with Crippen molar-refractivity contribution in [2.24, 2.45) is 0 Å². The third-order valence-electron chi connectivity index (χ3n) is 5.24. The van der Waals surface area contributed by atoms with Gasteiger partial charge in [-0.05, 0) is 36.4 Å². The van der Waals surface area contributed by atoms with Gasteiger partial charge in [0.25, 0.3) is 5.95 Å². The van der Waals surface area contributed by atoms with Gasteiger partial charge in [0, 0.05) is 18.7 Å². The van der Waals surface area contributed by atoms with Gasteiger partial charge >= 0.3 is 6.61 Å². The Balaban J connectivity index is 1.34. The zero-order chi connectivity index (χ0) is 20.7. The number of fused-ring (bicyclic) bond motifs is 1. The molecule has 0 saturated carbocycles. The van der Waals surface area contributed by atoms with Gasteiger partial charge in [-0.3, -0.25) is 9.69 Å². The molecule has 2 fully saturated rings. The van der Waals surface area contributed by atoms with Crippen molar-refractivity contribution >= 4 is 18.0 Å². The molecule has 0 N–H and O–H groups in total. The quantitative estimate of drug-likeness (QED) is 0.438. The molecule has 8 nitrogen and oxygen atoms in total. The van der Waals surface area contributed by atoms with Crippen molar-refractivity contribution < 1.29 is 23.0 Å². The Morgan fingerprint density at radius 3 is 2.53 bits per heavy atom. The molecule has 3 heterocycles. The van der Waals surface area contributed by atoms with Crippen molar-refractivity contribution in [2.75, 3.05) is 24.6 Å². The Kier molecular flexibility index (Phi) is 4.44. The number of nitrogens with zero attached hydrogens (tertiary/aromatic N) is 5. The summed E-state index contributed by atoms with van der Waals surface area (Å²) < 4.78 is 36.2. The van der Waals surface area contributed by atoms with E-state index in [1.165, 1.54) is 28.0 Å². The highest BCUT2D eigenvalue weighted by molar-refractivity contribution is 5.83. The lowest BCUT2D eigenvalue weighted by molar-refractivity contribution is -0.106. The molecule has 0 bridgehead atoms. The van der Waals surface area contributed by atoms with Gasteiger partial charge in [0.05, 0.1) is 18.0 Å². The number of benzene rings is 2. The van der Waals surface area contributed by atoms with Crippen LogP contribution in [0.25, 0.3) is 5.69 Å². The highest BCUT2D eigenvalue weighted by Gasteiger charge is 2.58. The standard InChI is InChI=1S/C20H17F2N5O3/c21-18(22)30-17-7-5-16(6-8-17)27-12-23-19(24-27)26(13-28)15-3-1-14(2-4-15)20-11-25(20)9-10-29-20/h1-8,12-13,18H,9-11H2. The fourth-order valence-corrected chi connectivity index (χ4v) is 3.68. The van der Waals surface area contributed by atoms with Crippen LogP contribution in [0.3, 0.4) is 0 Å². The summed E-state index contributed by atoms with van der Waals surface area (Å²) in [6.07, 6.45) is 2.08. The molecule has 10 heteroatoms. The molecule has 1 aromatic heterocycles. The number of anilines is 2. The Labute approximate surface area is 170 Å². The molecular weight excluding hydrogens is 396 g/mol. The van der Waals surface area contributed by atoms with Gasteiger partial charge < -0.3 is 9.47 Å². The Morgan fingerprint density at radius 1 is 1.17 bits per heavy atom. The second kappa shape index (κ2) is 7.15. The van der Waals surface area contributed by atoms with E-state index in [2.05, 4.69) is 19.7 Å². The molecule has 0 radical (unpaired) electrons. The fraction of sp³-hybridized carbons (Fsp3) is 0.250. The summed E-state index contributed by atoms with van der Waals surface area (Å²) in [5.41, 5.74) is 1.96. The predicted octanol–water partition coefficient (Wildman–Crippen LogP) is 2.66. The number of carbonyl (C=O) groups excluding carboxylic acids is 1. The molecule has 3 aromatic rings. The first-order valence-electron chi connectivity index (χ1n) is 9.30. The molecular formula is C20H17F2N5O3. The molecule has 0 spiro atoms. The van der Waals surface area contributed by atoms with E-state index in [-0.39, 0.29) is 17.4 Å². The largest absolute Gasteiger partial charge is 0.435 e. The minimum absolute atomic E-state index is 0.0450. The lowest BCUT2D eigenvalue weighted by atomic mass is 10.1. The van der Waals surface area contributed by atoms with Gasteiger partial charge in [-0.2, -0.15) is 13.8 Å². The summed E-state index contributed by atoms with van der Waals surface area (Å²) in [6.45, 7) is -0.349. The van der Waals surface area contributed by atoms with Crippen LogP contribution in [0.2, 0.25) is 0 Å². The number of morpholine rings is 1. The van der Waals surface area contributed by atoms with Crippen LogP contribution in [0.4, 0.5) is 20.4 Å². The molecule has 2 saturated heterocycles. The second-order valence-electron chi connectivity index (χ2n) is 6.94. The maximum absolute atomic E-state index is 12.3. The van der Waals surface area contributed by atoms with Crippen LogP contribution >= 0.6 is 0 Å². The average Bonchev–Trinajstić information content (AvgIpc) is 3.08. The highest BCUT2D eigenvalue weighted by atomic mass is 19.3. The van der Waals surface area contributed by atoms with E-state index >= 15 is 0 Å². The first-order valence-corrected chi connectivity index (χ1v) is 9.30. The maximum Gasteiger partial charge on any atom is 0.387 e. The molecule has 2 aliphatic rings. The number of amides is 1. The maximum atomic E-state index is 12.3. The van der Waals surface area contributed by atoms with E-state index in [4.69, 9.17) is 4.74 Å². The Hall–Kier alpha value is -3.37. The van der Waals surface area contributed by atoms with Gasteiger partial charge in [0.2, 0.25) is 6.41 Å². The van der Waals surface area contributed by atoms with E-state index in [0.717, 1.165) is 25.3 Å². The molecule has 5 rings (SSSR count). The van der Waals surface area contributed by atoms with Crippen LogP contribution in [0.1, 0.15) is 5.56 Å². The highest BCUT2D eigenvalue weighted by Crippen LogP contribution is 2.47. The van der Waals surface area contributed by atoms with E-state index < -0.39 is 6.61 Å². The van der Waals surface area contributed by atoms with Crippen molar-refractivity contribution in [3.63, 3.8) is 0 Å². The summed E-state index contributed by atoms with van der Waals surface area (Å²) in [5.74, 6) is 0.234. The first-order chi connectivity index (χ1) is 14.6. The smallest absolute Gasteiger partial charge is 0.387 e. The third-order valence-corrected chi connectivity index (χ3v) is 5.24. The molecule has 154 valence electrons. The van der Waals surface area contributed by atoms with Crippen molar-refractivity contribution in [1.82, 2.24) is 19.7 Å². The molecule has 2 aromatic carbocycles. The van der Waals surface area contributed by atoms with Crippen LogP contribution in [0.15, 0.2) is 54.9 Å². The SMILES string of the molecule is O=CN(c1ccc(C23CN2CCO3)cc1)c1ncn(-c2ccc(OC(F)F)cc2)n1. The predicted molar refractivity (Wildman–Crippen MR) is 102 cm³/mol. The Morgan fingerprint density at radius 2 is 1.93 bits per heavy atom. The van der Waals surface area contributed by atoms with E-state index in [9.17, 15) is 13.6 Å². The summed E-state index contributed by atoms with van der Waals surface area (Å²) in [5, 5.41) is 4.32. The Bertz CT molecular complexity index is 1060. The molecule has 2 atom stereocenters. The zero-order valence-corrected chi connectivity index (χ0v) is 15.7. The van der Waals surface area contributed by atoms with Crippen molar-refractivity contribution in [3.8, 4) is 11.4 Å². The fourth-order valence-electron chi connectivity index (χ4n) is 3.68. The molecule has 0 aliphatic carbocycles. The van der Waals surface area contributed by atoms with Crippen LogP contribution in [-0.2, 0) is 15.3 Å². The number of ether oxygens (including phenoxy) is 2. The lowest BCUT2D eigenvalue weighted by Gasteiger charge is -2.16. The number of aromatic nitrogens is 3. The summed E-state index contributed by atoms with van der Waals surface area (Å²) >= 11 is 0. The number of halogens is 2. The van der Waals surface area contributed by atoms with Gasteiger partial charge in [-0.15, -0.1) is 5.10 Å². The summed E-state index contributed by atoms with van der Waals surface area (Å²) in [6, 6.07) is 13.5. The van der Waals surface area contributed by atoms with Crippen molar-refractivity contribution in [3.05, 3.63) is 60.4 Å². The third kappa shape index (κ3) is 3.19. The van der Waals surface area contributed by atoms with E-state index in [0.29, 0.717) is 17.8 Å². The van der Waals surface area contributed by atoms with Gasteiger partial charge in [0.1, 0.15) is 12.1 Å². The van der Waals surface area contributed by atoms with Crippen LogP contribution in [0.5, 0.6) is 5.75 Å². The number of carbonyl (C=O) groups is 1. The minimum Gasteiger partial charge on any atom is -0.435 e. The van der Waals surface area contributed by atoms with Gasteiger partial charge in [0.15, 0.2) is 5.72 Å². The number of alkyl halides is 2. The second-order valence-corrected chi connectivity index (χ2v) is 6.94. The molecule has 30 heavy (non-hydrogen) atoms. The van der Waals surface area contributed by atoms with E-state index in [1.54, 1.807) is 12.1 Å². The van der Waals surface area contributed by atoms with Crippen LogP contribution in [-0.4, -0.2) is 52.4 Å². The van der Waals surface area contributed by atoms with Gasteiger partial charge in [-0.1, -0.05) is 12.1 Å².